The lowest BCUT2D eigenvalue weighted by Gasteiger charge is -2.17. The third-order valence-electron chi connectivity index (χ3n) is 2.92. The summed E-state index contributed by atoms with van der Waals surface area (Å²) in [6.07, 6.45) is 0. The van der Waals surface area contributed by atoms with E-state index >= 15 is 0 Å². The maximum absolute atomic E-state index is 12.1. The van der Waals surface area contributed by atoms with Gasteiger partial charge in [0.05, 0.1) is 5.02 Å². The summed E-state index contributed by atoms with van der Waals surface area (Å²) in [4.78, 5) is 0. The molecule has 0 aliphatic heterocycles. The highest BCUT2D eigenvalue weighted by atomic mass is 35.5. The highest BCUT2D eigenvalue weighted by Crippen LogP contribution is 2.30. The van der Waals surface area contributed by atoms with Gasteiger partial charge in [0, 0.05) is 11.7 Å². The van der Waals surface area contributed by atoms with E-state index in [9.17, 15) is 13.9 Å². The van der Waals surface area contributed by atoms with Crippen molar-refractivity contribution in [2.24, 2.45) is 0 Å². The van der Waals surface area contributed by atoms with E-state index in [2.05, 4.69) is 10.1 Å². The lowest BCUT2D eigenvalue weighted by molar-refractivity contribution is -0.0497. The van der Waals surface area contributed by atoms with E-state index < -0.39 is 6.61 Å². The van der Waals surface area contributed by atoms with Crippen molar-refractivity contribution >= 4 is 17.3 Å². The maximum Gasteiger partial charge on any atom is 0.387 e. The molecule has 6 heteroatoms. The average molecular weight is 314 g/mol. The van der Waals surface area contributed by atoms with Gasteiger partial charge in [0.25, 0.3) is 0 Å². The lowest BCUT2D eigenvalue weighted by Crippen LogP contribution is -2.07. The van der Waals surface area contributed by atoms with Crippen LogP contribution in [0.5, 0.6) is 11.5 Å². The second-order valence-corrected chi connectivity index (χ2v) is 4.89. The van der Waals surface area contributed by atoms with Crippen LogP contribution >= 0.6 is 11.6 Å². The van der Waals surface area contributed by atoms with Gasteiger partial charge in [-0.05, 0) is 42.8 Å². The maximum atomic E-state index is 12.1. The molecule has 0 aliphatic carbocycles. The summed E-state index contributed by atoms with van der Waals surface area (Å²) in [5.74, 6) is 0.136. The molecule has 2 N–H and O–H groups in total. The second kappa shape index (κ2) is 6.63. The Bertz CT molecular complexity index is 605. The lowest BCUT2D eigenvalue weighted by atomic mass is 10.1. The molecule has 1 atom stereocenters. The van der Waals surface area contributed by atoms with Gasteiger partial charge < -0.3 is 15.2 Å². The molecular formula is C15H14ClF2NO2. The third kappa shape index (κ3) is 4.23. The van der Waals surface area contributed by atoms with Gasteiger partial charge in [0.15, 0.2) is 0 Å². The molecule has 3 nitrogen and oxygen atoms in total. The van der Waals surface area contributed by atoms with Crippen LogP contribution in [0.25, 0.3) is 0 Å². The van der Waals surface area contributed by atoms with Crippen LogP contribution < -0.4 is 10.1 Å². The van der Waals surface area contributed by atoms with Gasteiger partial charge in [-0.3, -0.25) is 0 Å². The van der Waals surface area contributed by atoms with E-state index in [-0.39, 0.29) is 22.6 Å². The number of rotatable bonds is 5. The average Bonchev–Trinajstić information content (AvgIpc) is 2.42. The summed E-state index contributed by atoms with van der Waals surface area (Å²) >= 11 is 5.89. The predicted octanol–water partition coefficient (Wildman–Crippen LogP) is 4.82. The number of phenolic OH excluding ortho intramolecular Hbond substituents is 1. The smallest absolute Gasteiger partial charge is 0.387 e. The minimum atomic E-state index is -2.91. The number of hydrogen-bond acceptors (Lipinski definition) is 3. The number of ether oxygens (including phenoxy) is 1. The molecule has 21 heavy (non-hydrogen) atoms. The topological polar surface area (TPSA) is 41.5 Å². The van der Waals surface area contributed by atoms with Crippen LogP contribution in [0.4, 0.5) is 14.5 Å². The van der Waals surface area contributed by atoms with Gasteiger partial charge in [-0.1, -0.05) is 23.7 Å². The number of nitrogens with one attached hydrogen (secondary N) is 1. The van der Waals surface area contributed by atoms with Crippen LogP contribution in [0.15, 0.2) is 42.5 Å². The normalized spacial score (nSPS) is 12.2. The molecule has 2 rings (SSSR count). The largest absolute Gasteiger partial charge is 0.508 e. The summed E-state index contributed by atoms with van der Waals surface area (Å²) in [5, 5.41) is 12.6. The summed E-state index contributed by atoms with van der Waals surface area (Å²) in [6.45, 7) is -0.971. The molecule has 0 spiro atoms. The van der Waals surface area contributed by atoms with Crippen molar-refractivity contribution in [1.29, 1.82) is 0 Å². The Morgan fingerprint density at radius 1 is 1.14 bits per heavy atom. The summed E-state index contributed by atoms with van der Waals surface area (Å²) in [5.41, 5.74) is 1.65. The van der Waals surface area contributed by atoms with Crippen molar-refractivity contribution in [3.05, 3.63) is 53.1 Å². The fraction of sp³-hybridized carbons (Fsp3) is 0.200. The van der Waals surface area contributed by atoms with E-state index in [1.807, 2.05) is 6.92 Å². The van der Waals surface area contributed by atoms with Crippen molar-refractivity contribution in [3.8, 4) is 11.5 Å². The van der Waals surface area contributed by atoms with Crippen molar-refractivity contribution in [1.82, 2.24) is 0 Å². The summed E-state index contributed by atoms with van der Waals surface area (Å²) in [7, 11) is 0. The molecule has 112 valence electrons. The zero-order valence-electron chi connectivity index (χ0n) is 11.2. The van der Waals surface area contributed by atoms with E-state index in [0.717, 1.165) is 5.56 Å². The van der Waals surface area contributed by atoms with Crippen molar-refractivity contribution < 1.29 is 18.6 Å². The van der Waals surface area contributed by atoms with Crippen LogP contribution in [0, 0.1) is 0 Å². The predicted molar refractivity (Wildman–Crippen MR) is 78.2 cm³/mol. The Labute approximate surface area is 126 Å². The van der Waals surface area contributed by atoms with Crippen LogP contribution in [0.3, 0.4) is 0 Å². The van der Waals surface area contributed by atoms with Gasteiger partial charge in [-0.2, -0.15) is 8.78 Å². The van der Waals surface area contributed by atoms with Gasteiger partial charge >= 0.3 is 6.61 Å². The molecule has 0 fully saturated rings. The molecule has 0 bridgehead atoms. The Balaban J connectivity index is 2.09. The van der Waals surface area contributed by atoms with Crippen molar-refractivity contribution in [2.45, 2.75) is 19.6 Å². The number of aromatic hydroxyl groups is 1. The Hall–Kier alpha value is -2.01. The molecule has 0 aromatic heterocycles. The van der Waals surface area contributed by atoms with Gasteiger partial charge in [0.2, 0.25) is 0 Å². The number of halogens is 3. The fourth-order valence-electron chi connectivity index (χ4n) is 1.88. The Morgan fingerprint density at radius 2 is 1.81 bits per heavy atom. The Morgan fingerprint density at radius 3 is 2.38 bits per heavy atom. The van der Waals surface area contributed by atoms with E-state index in [1.54, 1.807) is 30.3 Å². The van der Waals surface area contributed by atoms with E-state index in [1.165, 1.54) is 12.1 Å². The SMILES string of the molecule is CC(Nc1ccc(OC(F)F)c(Cl)c1)c1ccc(O)cc1. The monoisotopic (exact) mass is 313 g/mol. The van der Waals surface area contributed by atoms with Crippen LogP contribution in [0.2, 0.25) is 5.02 Å². The number of benzene rings is 2. The fourth-order valence-corrected chi connectivity index (χ4v) is 2.10. The van der Waals surface area contributed by atoms with Crippen LogP contribution in [-0.2, 0) is 0 Å². The number of alkyl halides is 2. The molecule has 0 radical (unpaired) electrons. The zero-order chi connectivity index (χ0) is 15.4. The molecule has 0 aliphatic rings. The van der Waals surface area contributed by atoms with Crippen molar-refractivity contribution in [3.63, 3.8) is 0 Å². The summed E-state index contributed by atoms with van der Waals surface area (Å²) in [6, 6.07) is 11.3. The highest BCUT2D eigenvalue weighted by Gasteiger charge is 2.10. The van der Waals surface area contributed by atoms with E-state index in [0.29, 0.717) is 5.69 Å². The molecule has 1 unspecified atom stereocenters. The zero-order valence-corrected chi connectivity index (χ0v) is 11.9. The molecule has 0 amide bonds. The van der Waals surface area contributed by atoms with E-state index in [4.69, 9.17) is 11.6 Å². The van der Waals surface area contributed by atoms with Gasteiger partial charge in [0.1, 0.15) is 11.5 Å². The van der Waals surface area contributed by atoms with Crippen LogP contribution in [-0.4, -0.2) is 11.7 Å². The van der Waals surface area contributed by atoms with Gasteiger partial charge in [-0.25, -0.2) is 0 Å². The van der Waals surface area contributed by atoms with Gasteiger partial charge in [-0.15, -0.1) is 0 Å². The summed E-state index contributed by atoms with van der Waals surface area (Å²) < 4.78 is 28.6. The first-order valence-corrected chi connectivity index (χ1v) is 6.63. The first kappa shape index (κ1) is 15.4. The first-order chi connectivity index (χ1) is 9.95. The minimum Gasteiger partial charge on any atom is -0.508 e. The quantitative estimate of drug-likeness (QED) is 0.831. The Kier molecular flexibility index (Phi) is 4.85. The minimum absolute atomic E-state index is 0.0384. The molecule has 0 heterocycles. The standard InChI is InChI=1S/C15H14ClF2NO2/c1-9(10-2-5-12(20)6-3-10)19-11-4-7-14(13(16)8-11)21-15(17)18/h2-9,15,19-20H,1H3. The second-order valence-electron chi connectivity index (χ2n) is 4.48. The first-order valence-electron chi connectivity index (χ1n) is 6.25. The number of anilines is 1. The van der Waals surface area contributed by atoms with Crippen LogP contribution in [0.1, 0.15) is 18.5 Å². The highest BCUT2D eigenvalue weighted by molar-refractivity contribution is 6.32. The number of phenols is 1. The number of hydrogen-bond donors (Lipinski definition) is 2. The third-order valence-corrected chi connectivity index (χ3v) is 3.22. The van der Waals surface area contributed by atoms with Crippen molar-refractivity contribution in [2.75, 3.05) is 5.32 Å². The molecule has 2 aromatic rings. The molecule has 0 saturated heterocycles. The molecule has 2 aromatic carbocycles. The molecule has 0 saturated carbocycles. The molecular weight excluding hydrogens is 300 g/mol.